The lowest BCUT2D eigenvalue weighted by Crippen LogP contribution is -2.48. The molecule has 2 nitrogen and oxygen atoms in total. The van der Waals surface area contributed by atoms with Crippen LogP contribution in [0, 0.1) is 32.1 Å². The van der Waals surface area contributed by atoms with Gasteiger partial charge in [0.15, 0.2) is 6.20 Å². The van der Waals surface area contributed by atoms with Crippen LogP contribution in [0.15, 0.2) is 36.5 Å². The highest BCUT2D eigenvalue weighted by Crippen LogP contribution is 2.41. The van der Waals surface area contributed by atoms with Crippen LogP contribution in [-0.2, 0) is 7.05 Å². The number of fused-ring (bicyclic) bond motifs is 1. The number of aromatic nitrogens is 1. The number of aryl methyl sites for hydroxylation is 2. The molecule has 0 atom stereocenters. The van der Waals surface area contributed by atoms with Crippen LogP contribution in [0.3, 0.4) is 0 Å². The van der Waals surface area contributed by atoms with Crippen LogP contribution in [0.2, 0.25) is 18.6 Å². The third-order valence-electron chi connectivity index (χ3n) is 7.47. The van der Waals surface area contributed by atoms with Crippen molar-refractivity contribution in [1.82, 2.24) is 0 Å². The average molecular weight is 400 g/mol. The Morgan fingerprint density at radius 1 is 1.03 bits per heavy atom. The Labute approximate surface area is 175 Å². The van der Waals surface area contributed by atoms with E-state index < -0.39 is 8.07 Å². The van der Waals surface area contributed by atoms with E-state index in [1.807, 2.05) is 6.92 Å². The van der Waals surface area contributed by atoms with Gasteiger partial charge in [-0.1, -0.05) is 49.7 Å². The summed E-state index contributed by atoms with van der Waals surface area (Å²) in [7, 11) is 0.716. The molecule has 0 N–H and O–H groups in total. The average Bonchev–Trinajstić information content (AvgIpc) is 2.63. The zero-order valence-electron chi connectivity index (χ0n) is 18.6. The summed E-state index contributed by atoms with van der Waals surface area (Å²) < 4.78 is 2.23. The lowest BCUT2D eigenvalue weighted by Gasteiger charge is -2.39. The molecule has 3 aromatic rings. The smallest absolute Gasteiger partial charge is 0.200 e. The normalized spacial score (nSPS) is 14.7. The first-order valence-corrected chi connectivity index (χ1v) is 13.8. The molecule has 4 rings (SSSR count). The van der Waals surface area contributed by atoms with E-state index in [0.29, 0.717) is 0 Å². The highest BCUT2D eigenvalue weighted by molar-refractivity contribution is 6.91. The summed E-state index contributed by atoms with van der Waals surface area (Å²) in [6, 6.07) is 14.0. The van der Waals surface area contributed by atoms with Gasteiger partial charge >= 0.3 is 0 Å². The number of hydrogen-bond acceptors (Lipinski definition) is 1. The minimum atomic E-state index is -1.41. The van der Waals surface area contributed by atoms with Crippen LogP contribution in [-0.4, -0.2) is 8.07 Å². The molecule has 1 fully saturated rings. The Morgan fingerprint density at radius 2 is 1.76 bits per heavy atom. The molecule has 3 heteroatoms. The molecule has 0 saturated heterocycles. The number of pyridine rings is 1. The summed E-state index contributed by atoms with van der Waals surface area (Å²) in [5, 5.41) is 13.7. The summed E-state index contributed by atoms with van der Waals surface area (Å²) in [4.78, 5) is 0. The predicted molar refractivity (Wildman–Crippen MR) is 124 cm³/mol. The van der Waals surface area contributed by atoms with Gasteiger partial charge < -0.3 is 0 Å². The van der Waals surface area contributed by atoms with Gasteiger partial charge in [0.2, 0.25) is 5.69 Å². The fourth-order valence-electron chi connectivity index (χ4n) is 4.97. The summed E-state index contributed by atoms with van der Waals surface area (Å²) in [6.07, 6.45) is 6.41. The topological polar surface area (TPSA) is 27.7 Å². The van der Waals surface area contributed by atoms with Crippen molar-refractivity contribution in [1.29, 1.82) is 5.26 Å². The van der Waals surface area contributed by atoms with E-state index in [-0.39, 0.29) is 0 Å². The van der Waals surface area contributed by atoms with Gasteiger partial charge in [0.25, 0.3) is 0 Å². The summed E-state index contributed by atoms with van der Waals surface area (Å²) >= 11 is 0. The Morgan fingerprint density at radius 3 is 2.38 bits per heavy atom. The van der Waals surface area contributed by atoms with Gasteiger partial charge in [-0.25, -0.2) is 4.57 Å². The maximum atomic E-state index is 9.54. The van der Waals surface area contributed by atoms with Gasteiger partial charge in [0, 0.05) is 6.07 Å². The molecule has 0 bridgehead atoms. The SMILES string of the molecule is Cc1cc(-c2c3ccc([Si](C)(C)C4CCC4)cc3cc[n+]2C)c(C)c(C)c1C#N. The first-order valence-electron chi connectivity index (χ1n) is 10.7. The number of nitriles is 1. The van der Waals surface area contributed by atoms with E-state index in [1.54, 1.807) is 5.19 Å². The second-order valence-corrected chi connectivity index (χ2v) is 14.2. The molecule has 2 aromatic carbocycles. The summed E-state index contributed by atoms with van der Waals surface area (Å²) in [5.74, 6) is 0. The Hall–Kier alpha value is -2.44. The highest BCUT2D eigenvalue weighted by Gasteiger charge is 2.37. The van der Waals surface area contributed by atoms with E-state index in [0.717, 1.165) is 22.2 Å². The molecule has 1 aromatic heterocycles. The van der Waals surface area contributed by atoms with Crippen LogP contribution < -0.4 is 9.75 Å². The molecule has 29 heavy (non-hydrogen) atoms. The van der Waals surface area contributed by atoms with E-state index in [1.165, 1.54) is 46.9 Å². The van der Waals surface area contributed by atoms with Gasteiger partial charge in [-0.05, 0) is 60.5 Å². The molecule has 0 spiro atoms. The van der Waals surface area contributed by atoms with Gasteiger partial charge in [0.05, 0.1) is 30.7 Å². The van der Waals surface area contributed by atoms with Crippen molar-refractivity contribution >= 4 is 24.0 Å². The summed E-state index contributed by atoms with van der Waals surface area (Å²) in [6.45, 7) is 11.3. The predicted octanol–water partition coefficient (Wildman–Crippen LogP) is 5.60. The van der Waals surface area contributed by atoms with Crippen LogP contribution in [0.4, 0.5) is 0 Å². The van der Waals surface area contributed by atoms with Gasteiger partial charge in [-0.2, -0.15) is 5.26 Å². The molecule has 0 radical (unpaired) electrons. The van der Waals surface area contributed by atoms with Crippen molar-refractivity contribution in [2.45, 2.75) is 58.7 Å². The van der Waals surface area contributed by atoms with E-state index >= 15 is 0 Å². The zero-order valence-corrected chi connectivity index (χ0v) is 19.6. The number of nitrogens with zero attached hydrogens (tertiary/aromatic N) is 2. The van der Waals surface area contributed by atoms with Crippen molar-refractivity contribution < 1.29 is 4.57 Å². The lowest BCUT2D eigenvalue weighted by atomic mass is 9.91. The molecule has 0 amide bonds. The maximum absolute atomic E-state index is 9.54. The Bertz CT molecular complexity index is 1160. The largest absolute Gasteiger partial charge is 0.220 e. The van der Waals surface area contributed by atoms with Gasteiger partial charge in [0.1, 0.15) is 7.05 Å². The molecule has 1 saturated carbocycles. The van der Waals surface area contributed by atoms with Gasteiger partial charge in [-0.3, -0.25) is 0 Å². The van der Waals surface area contributed by atoms with Crippen molar-refractivity contribution in [3.05, 3.63) is 58.8 Å². The molecule has 0 unspecified atom stereocenters. The number of benzene rings is 2. The van der Waals surface area contributed by atoms with E-state index in [2.05, 4.69) is 81.2 Å². The second kappa shape index (κ2) is 7.11. The van der Waals surface area contributed by atoms with Crippen molar-refractivity contribution in [2.24, 2.45) is 7.05 Å². The van der Waals surface area contributed by atoms with Crippen LogP contribution in [0.5, 0.6) is 0 Å². The fourth-order valence-corrected chi connectivity index (χ4v) is 8.34. The van der Waals surface area contributed by atoms with Gasteiger partial charge in [-0.15, -0.1) is 0 Å². The third kappa shape index (κ3) is 3.11. The minimum absolute atomic E-state index is 0.810. The molecular weight excluding hydrogens is 368 g/mol. The molecule has 1 heterocycles. The van der Waals surface area contributed by atoms with E-state index in [9.17, 15) is 5.26 Å². The van der Waals surface area contributed by atoms with Crippen molar-refractivity contribution in [2.75, 3.05) is 0 Å². The number of hydrogen-bond donors (Lipinski definition) is 0. The monoisotopic (exact) mass is 399 g/mol. The first kappa shape index (κ1) is 19.9. The molecule has 148 valence electrons. The Balaban J connectivity index is 1.93. The van der Waals surface area contributed by atoms with Crippen LogP contribution in [0.25, 0.3) is 22.0 Å². The van der Waals surface area contributed by atoms with E-state index in [4.69, 9.17) is 0 Å². The standard InChI is InChI=1S/C26H31N2Si/c1-17-14-24(18(2)19(3)25(17)16-27)26-23-11-10-22(15-20(23)12-13-28(26)4)29(5,6)21-8-7-9-21/h10-15,21H,7-9H2,1-6H3/q+1. The van der Waals surface area contributed by atoms with Crippen LogP contribution >= 0.6 is 0 Å². The second-order valence-electron chi connectivity index (χ2n) is 9.40. The van der Waals surface area contributed by atoms with Crippen molar-refractivity contribution in [3.63, 3.8) is 0 Å². The first-order chi connectivity index (χ1) is 13.8. The number of rotatable bonds is 3. The Kier molecular flexibility index (Phi) is 4.87. The molecule has 0 aliphatic heterocycles. The van der Waals surface area contributed by atoms with Crippen molar-refractivity contribution in [3.8, 4) is 17.3 Å². The quantitative estimate of drug-likeness (QED) is 0.416. The zero-order chi connectivity index (χ0) is 20.9. The third-order valence-corrected chi connectivity index (χ3v) is 11.9. The summed E-state index contributed by atoms with van der Waals surface area (Å²) in [5.41, 5.74) is 7.56. The molecule has 1 aliphatic carbocycles. The molecule has 1 aliphatic rings. The van der Waals surface area contributed by atoms with Crippen LogP contribution in [0.1, 0.15) is 41.5 Å². The highest BCUT2D eigenvalue weighted by atomic mass is 28.3. The lowest BCUT2D eigenvalue weighted by molar-refractivity contribution is -0.659. The fraction of sp³-hybridized carbons (Fsp3) is 0.385. The maximum Gasteiger partial charge on any atom is 0.220 e. The minimum Gasteiger partial charge on any atom is -0.200 e. The molecular formula is C26H31N2Si+.